The molecule has 0 bridgehead atoms. The van der Waals surface area contributed by atoms with Gasteiger partial charge in [-0.1, -0.05) is 26.7 Å². The Morgan fingerprint density at radius 2 is 1.91 bits per heavy atom. The Bertz CT molecular complexity index is 520. The van der Waals surface area contributed by atoms with Gasteiger partial charge in [0.25, 0.3) is 0 Å². The van der Waals surface area contributed by atoms with Crippen molar-refractivity contribution in [3.63, 3.8) is 0 Å². The van der Waals surface area contributed by atoms with Gasteiger partial charge in [-0.2, -0.15) is 0 Å². The summed E-state index contributed by atoms with van der Waals surface area (Å²) < 4.78 is 6.70. The second-order valence-corrected chi connectivity index (χ2v) is 13.6. The third-order valence-electron chi connectivity index (χ3n) is 6.19. The molecule has 3 rings (SSSR count). The summed E-state index contributed by atoms with van der Waals surface area (Å²) in [6.45, 7) is 11.4. The van der Waals surface area contributed by atoms with Crippen LogP contribution in [0.5, 0.6) is 0 Å². The molecule has 0 radical (unpaired) electrons. The molecule has 1 aliphatic heterocycles. The van der Waals surface area contributed by atoms with Crippen LogP contribution in [0.15, 0.2) is 0 Å². The summed E-state index contributed by atoms with van der Waals surface area (Å²) in [5.74, 6) is 3.40. The van der Waals surface area contributed by atoms with Gasteiger partial charge in [0.1, 0.15) is 0 Å². The average molecular weight is 320 g/mol. The Labute approximate surface area is 135 Å². The maximum Gasteiger partial charge on any atom is 0.227 e. The summed E-state index contributed by atoms with van der Waals surface area (Å²) in [5, 5.41) is 0.183. The van der Waals surface area contributed by atoms with Crippen LogP contribution in [-0.2, 0) is 9.22 Å². The first-order chi connectivity index (χ1) is 10.1. The lowest BCUT2D eigenvalue weighted by atomic mass is 10.1. The lowest BCUT2D eigenvalue weighted by Gasteiger charge is -2.40. The quantitative estimate of drug-likeness (QED) is 0.588. The number of amides is 1. The Morgan fingerprint density at radius 1 is 1.32 bits per heavy atom. The van der Waals surface area contributed by atoms with Crippen LogP contribution in [0.25, 0.3) is 0 Å². The fraction of sp³-hybridized carbons (Fsp3) is 0.833. The van der Waals surface area contributed by atoms with Gasteiger partial charge in [-0.05, 0) is 43.8 Å². The zero-order valence-corrected chi connectivity index (χ0v) is 15.6. The fourth-order valence-electron chi connectivity index (χ4n) is 3.42. The van der Waals surface area contributed by atoms with Gasteiger partial charge in [0, 0.05) is 12.3 Å². The van der Waals surface area contributed by atoms with Gasteiger partial charge in [-0.15, -0.1) is 6.42 Å². The number of terminal acetylenes is 1. The highest BCUT2D eigenvalue weighted by Crippen LogP contribution is 2.56. The van der Waals surface area contributed by atoms with Crippen molar-refractivity contribution in [2.75, 3.05) is 0 Å². The summed E-state index contributed by atoms with van der Waals surface area (Å²) in [5.41, 5.74) is -0.0772. The molecule has 122 valence electrons. The van der Waals surface area contributed by atoms with Gasteiger partial charge < -0.3 is 9.33 Å². The van der Waals surface area contributed by atoms with Crippen LogP contribution in [0.1, 0.15) is 52.9 Å². The normalized spacial score (nSPS) is 30.5. The third kappa shape index (κ3) is 2.43. The van der Waals surface area contributed by atoms with E-state index in [9.17, 15) is 4.79 Å². The molecular weight excluding hydrogens is 290 g/mol. The van der Waals surface area contributed by atoms with Gasteiger partial charge in [-0.25, -0.2) is 0 Å². The lowest BCUT2D eigenvalue weighted by molar-refractivity contribution is -0.136. The first-order valence-corrected chi connectivity index (χ1v) is 11.5. The second kappa shape index (κ2) is 4.85. The van der Waals surface area contributed by atoms with E-state index in [1.807, 2.05) is 0 Å². The molecule has 0 aromatic rings. The summed E-state index contributed by atoms with van der Waals surface area (Å²) >= 11 is 0. The van der Waals surface area contributed by atoms with Crippen molar-refractivity contribution in [3.8, 4) is 12.3 Å². The number of likely N-dealkylation sites (tertiary alicyclic amines) is 1. The molecule has 0 N–H and O–H groups in total. The Kier molecular flexibility index (Phi) is 3.54. The molecule has 0 unspecified atom stereocenters. The van der Waals surface area contributed by atoms with Crippen molar-refractivity contribution in [2.45, 2.75) is 88.7 Å². The molecule has 22 heavy (non-hydrogen) atoms. The van der Waals surface area contributed by atoms with Crippen molar-refractivity contribution in [2.24, 2.45) is 5.92 Å². The summed E-state index contributed by atoms with van der Waals surface area (Å²) in [4.78, 5) is 14.8. The molecule has 2 atom stereocenters. The lowest BCUT2D eigenvalue weighted by Crippen LogP contribution is -2.50. The number of nitrogens with zero attached hydrogens (tertiary/aromatic N) is 1. The number of rotatable bonds is 3. The fourth-order valence-corrected chi connectivity index (χ4v) is 4.80. The van der Waals surface area contributed by atoms with E-state index in [2.05, 4.69) is 44.7 Å². The van der Waals surface area contributed by atoms with E-state index in [1.54, 1.807) is 0 Å². The number of hydrogen-bond acceptors (Lipinski definition) is 2. The van der Waals surface area contributed by atoms with Crippen LogP contribution in [-0.4, -0.2) is 36.8 Å². The van der Waals surface area contributed by atoms with Gasteiger partial charge in [-0.3, -0.25) is 4.79 Å². The van der Waals surface area contributed by atoms with E-state index in [1.165, 1.54) is 0 Å². The third-order valence-corrected chi connectivity index (χ3v) is 10.7. The van der Waals surface area contributed by atoms with Crippen LogP contribution in [0.3, 0.4) is 0 Å². The van der Waals surface area contributed by atoms with E-state index < -0.39 is 8.32 Å². The van der Waals surface area contributed by atoms with E-state index in [0.717, 1.165) is 32.1 Å². The maximum atomic E-state index is 12.7. The minimum absolute atomic E-state index is 0.0645. The van der Waals surface area contributed by atoms with Crippen molar-refractivity contribution >= 4 is 14.2 Å². The smallest absolute Gasteiger partial charge is 0.227 e. The van der Waals surface area contributed by atoms with Crippen LogP contribution in [0, 0.1) is 18.3 Å². The summed E-state index contributed by atoms with van der Waals surface area (Å²) in [6, 6.07) is -0.0645. The molecular formula is C18H29NO2Si. The van der Waals surface area contributed by atoms with E-state index in [4.69, 9.17) is 10.8 Å². The molecule has 1 saturated heterocycles. The van der Waals surface area contributed by atoms with E-state index in [0.29, 0.717) is 5.91 Å². The molecule has 1 spiro atoms. The summed E-state index contributed by atoms with van der Waals surface area (Å²) in [6.07, 6.45) is 10.9. The van der Waals surface area contributed by atoms with E-state index in [-0.39, 0.29) is 28.6 Å². The molecule has 2 saturated carbocycles. The SMILES string of the molecule is C#C[C@H]1C[C@H](O[Si](C)(C)C(C)(C)C)C2(CC2)N1C(=O)C1CC1. The molecule has 1 heterocycles. The number of carbonyl (C=O) groups excluding carboxylic acids is 1. The average Bonchev–Trinajstić information content (AvgIpc) is 3.26. The number of carbonyl (C=O) groups is 1. The molecule has 0 aromatic heterocycles. The highest BCUT2D eigenvalue weighted by molar-refractivity contribution is 6.74. The zero-order chi connectivity index (χ0) is 16.3. The van der Waals surface area contributed by atoms with Crippen molar-refractivity contribution < 1.29 is 9.22 Å². The Hall–Kier alpha value is -0.793. The highest BCUT2D eigenvalue weighted by Gasteiger charge is 2.65. The highest BCUT2D eigenvalue weighted by atomic mass is 28.4. The minimum atomic E-state index is -1.84. The Morgan fingerprint density at radius 3 is 2.32 bits per heavy atom. The van der Waals surface area contributed by atoms with Crippen molar-refractivity contribution in [1.82, 2.24) is 4.90 Å². The van der Waals surface area contributed by atoms with Gasteiger partial charge in [0.05, 0.1) is 17.7 Å². The largest absolute Gasteiger partial charge is 0.411 e. The molecule has 4 heteroatoms. The first kappa shape index (κ1) is 16.1. The maximum absolute atomic E-state index is 12.7. The minimum Gasteiger partial charge on any atom is -0.411 e. The Balaban J connectivity index is 1.83. The van der Waals surface area contributed by atoms with Gasteiger partial charge >= 0.3 is 0 Å². The molecule has 1 amide bonds. The van der Waals surface area contributed by atoms with Crippen molar-refractivity contribution in [3.05, 3.63) is 0 Å². The second-order valence-electron chi connectivity index (χ2n) is 8.87. The zero-order valence-electron chi connectivity index (χ0n) is 14.6. The van der Waals surface area contributed by atoms with Crippen LogP contribution >= 0.6 is 0 Å². The van der Waals surface area contributed by atoms with Crippen LogP contribution < -0.4 is 0 Å². The predicted molar refractivity (Wildman–Crippen MR) is 90.8 cm³/mol. The summed E-state index contributed by atoms with van der Waals surface area (Å²) in [7, 11) is -1.84. The molecule has 3 aliphatic rings. The molecule has 0 aromatic carbocycles. The predicted octanol–water partition coefficient (Wildman–Crippen LogP) is 3.55. The molecule has 2 aliphatic carbocycles. The topological polar surface area (TPSA) is 29.5 Å². The number of hydrogen-bond donors (Lipinski definition) is 0. The van der Waals surface area contributed by atoms with Crippen LogP contribution in [0.4, 0.5) is 0 Å². The van der Waals surface area contributed by atoms with Crippen LogP contribution in [0.2, 0.25) is 18.1 Å². The first-order valence-electron chi connectivity index (χ1n) is 8.59. The standard InChI is InChI=1S/C18H29NO2Si/c1-7-14-12-15(21-22(5,6)17(2,3)4)18(10-11-18)19(14)16(20)13-8-9-13/h1,13-15H,8-12H2,2-6H3/t14-,15-/m0/s1. The van der Waals surface area contributed by atoms with Gasteiger partial charge in [0.2, 0.25) is 5.91 Å². The van der Waals surface area contributed by atoms with E-state index >= 15 is 0 Å². The molecule has 3 fully saturated rings. The van der Waals surface area contributed by atoms with Crippen molar-refractivity contribution in [1.29, 1.82) is 0 Å². The van der Waals surface area contributed by atoms with Gasteiger partial charge in [0.15, 0.2) is 8.32 Å². The monoisotopic (exact) mass is 319 g/mol. The molecule has 3 nitrogen and oxygen atoms in total.